The summed E-state index contributed by atoms with van der Waals surface area (Å²) in [6.45, 7) is 3.83. The fourth-order valence-corrected chi connectivity index (χ4v) is 4.18. The van der Waals surface area contributed by atoms with Crippen molar-refractivity contribution in [3.63, 3.8) is 0 Å². The predicted octanol–water partition coefficient (Wildman–Crippen LogP) is 1.64. The molecule has 2 heterocycles. The minimum Gasteiger partial charge on any atom is -0.481 e. The maximum Gasteiger partial charge on any atom is 0.316 e. The van der Waals surface area contributed by atoms with Gasteiger partial charge in [0.25, 0.3) is 0 Å². The third-order valence-corrected chi connectivity index (χ3v) is 5.57. The van der Waals surface area contributed by atoms with Gasteiger partial charge < -0.3 is 15.3 Å². The summed E-state index contributed by atoms with van der Waals surface area (Å²) in [6, 6.07) is 9.27. The topological polar surface area (TPSA) is 69.6 Å². The molecule has 2 aliphatic heterocycles. The second-order valence-corrected chi connectivity index (χ2v) is 6.43. The van der Waals surface area contributed by atoms with Crippen molar-refractivity contribution < 1.29 is 14.7 Å². The molecule has 5 nitrogen and oxygen atoms in total. The van der Waals surface area contributed by atoms with Gasteiger partial charge in [-0.2, -0.15) is 0 Å². The van der Waals surface area contributed by atoms with E-state index in [0.29, 0.717) is 5.75 Å². The van der Waals surface area contributed by atoms with Crippen molar-refractivity contribution in [1.29, 1.82) is 0 Å². The van der Waals surface area contributed by atoms with E-state index in [1.165, 1.54) is 17.8 Å². The van der Waals surface area contributed by atoms with Crippen LogP contribution < -0.4 is 5.32 Å². The summed E-state index contributed by atoms with van der Waals surface area (Å²) in [5, 5.41) is 12.6. The van der Waals surface area contributed by atoms with Gasteiger partial charge in [-0.15, -0.1) is 18.3 Å². The number of fused-ring (bicyclic) bond motifs is 1. The summed E-state index contributed by atoms with van der Waals surface area (Å²) in [6.07, 6.45) is 1.45. The number of aliphatic carboxylic acids is 1. The number of benzene rings is 1. The monoisotopic (exact) mass is 304 g/mol. The smallest absolute Gasteiger partial charge is 0.316 e. The normalized spacial score (nSPS) is 31.0. The lowest BCUT2D eigenvalue weighted by Gasteiger charge is -2.53. The highest BCUT2D eigenvalue weighted by atomic mass is 32.2. The van der Waals surface area contributed by atoms with Gasteiger partial charge in [0.2, 0.25) is 5.91 Å². The van der Waals surface area contributed by atoms with Crippen LogP contribution >= 0.6 is 11.8 Å². The van der Waals surface area contributed by atoms with E-state index in [2.05, 4.69) is 11.9 Å². The second-order valence-electron chi connectivity index (χ2n) is 5.32. The van der Waals surface area contributed by atoms with Gasteiger partial charge in [0.05, 0.1) is 0 Å². The number of amides is 1. The Bertz CT molecular complexity index is 592. The highest BCUT2D eigenvalue weighted by Crippen LogP contribution is 2.43. The van der Waals surface area contributed by atoms with Crippen molar-refractivity contribution in [2.75, 3.05) is 17.6 Å². The van der Waals surface area contributed by atoms with Crippen LogP contribution in [0.5, 0.6) is 0 Å². The van der Waals surface area contributed by atoms with Gasteiger partial charge in [0.15, 0.2) is 0 Å². The van der Waals surface area contributed by atoms with E-state index in [-0.39, 0.29) is 23.9 Å². The molecule has 6 heteroatoms. The van der Waals surface area contributed by atoms with Crippen molar-refractivity contribution in [3.8, 4) is 0 Å². The van der Waals surface area contributed by atoms with Crippen LogP contribution in [0.15, 0.2) is 43.0 Å². The molecule has 0 saturated carbocycles. The van der Waals surface area contributed by atoms with Crippen LogP contribution in [-0.4, -0.2) is 45.6 Å². The Labute approximate surface area is 127 Å². The molecule has 3 atom stereocenters. The molecule has 0 bridgehead atoms. The third-order valence-electron chi connectivity index (χ3n) is 4.02. The number of para-hydroxylation sites is 1. The molecule has 1 amide bonds. The van der Waals surface area contributed by atoms with Crippen LogP contribution in [0.25, 0.3) is 0 Å². The summed E-state index contributed by atoms with van der Waals surface area (Å²) in [5.74, 6) is -0.535. The van der Waals surface area contributed by atoms with Gasteiger partial charge >= 0.3 is 5.97 Å². The summed E-state index contributed by atoms with van der Waals surface area (Å²) < 4.78 is 0. The number of carbonyl (C=O) groups excluding carboxylic acids is 1. The summed E-state index contributed by atoms with van der Waals surface area (Å²) in [7, 11) is 0. The van der Waals surface area contributed by atoms with Crippen molar-refractivity contribution in [2.45, 2.75) is 11.4 Å². The average molecular weight is 304 g/mol. The number of rotatable bonds is 4. The highest BCUT2D eigenvalue weighted by Gasteiger charge is 2.56. The second kappa shape index (κ2) is 5.11. The summed E-state index contributed by atoms with van der Waals surface area (Å²) in [5.41, 5.74) is -0.135. The van der Waals surface area contributed by atoms with Gasteiger partial charge in [0.1, 0.15) is 16.8 Å². The van der Waals surface area contributed by atoms with Crippen LogP contribution in [0.2, 0.25) is 0 Å². The summed E-state index contributed by atoms with van der Waals surface area (Å²) >= 11 is 1.49. The molecule has 2 aliphatic rings. The Morgan fingerprint density at radius 1 is 1.48 bits per heavy atom. The molecule has 1 aromatic rings. The van der Waals surface area contributed by atoms with E-state index in [9.17, 15) is 14.7 Å². The zero-order chi connectivity index (χ0) is 15.0. The number of hydrogen-bond acceptors (Lipinski definition) is 4. The number of nitrogens with zero attached hydrogens (tertiary/aromatic N) is 1. The number of thioether (sulfide) groups is 1. The predicted molar refractivity (Wildman–Crippen MR) is 82.1 cm³/mol. The minimum atomic E-state index is -1.03. The molecule has 0 aliphatic carbocycles. The minimum absolute atomic E-state index is 0.00914. The van der Waals surface area contributed by atoms with Crippen molar-refractivity contribution in [2.24, 2.45) is 5.41 Å². The Kier molecular flexibility index (Phi) is 3.41. The molecule has 0 spiro atoms. The van der Waals surface area contributed by atoms with Crippen molar-refractivity contribution in [1.82, 2.24) is 4.90 Å². The van der Waals surface area contributed by atoms with Crippen LogP contribution in [0.1, 0.15) is 0 Å². The number of carbonyl (C=O) groups is 2. The lowest BCUT2D eigenvalue weighted by molar-refractivity contribution is -0.153. The Hall–Kier alpha value is -1.95. The quantitative estimate of drug-likeness (QED) is 0.654. The molecule has 2 unspecified atom stereocenters. The first-order valence-electron chi connectivity index (χ1n) is 6.68. The molecule has 110 valence electrons. The molecular weight excluding hydrogens is 288 g/mol. The molecule has 0 aromatic heterocycles. The van der Waals surface area contributed by atoms with Gasteiger partial charge in [-0.1, -0.05) is 24.3 Å². The summed E-state index contributed by atoms with van der Waals surface area (Å²) in [4.78, 5) is 25.3. The number of nitrogens with one attached hydrogen (secondary N) is 1. The number of anilines is 1. The van der Waals surface area contributed by atoms with Gasteiger partial charge in [-0.25, -0.2) is 0 Å². The average Bonchev–Trinajstić information content (AvgIpc) is 2.52. The Morgan fingerprint density at radius 3 is 2.81 bits per heavy atom. The molecule has 2 fully saturated rings. The van der Waals surface area contributed by atoms with Crippen LogP contribution in [-0.2, 0) is 9.59 Å². The van der Waals surface area contributed by atoms with Crippen molar-refractivity contribution >= 4 is 29.3 Å². The first-order chi connectivity index (χ1) is 10.1. The van der Waals surface area contributed by atoms with E-state index in [1.54, 1.807) is 4.90 Å². The molecule has 3 rings (SSSR count). The highest BCUT2D eigenvalue weighted by molar-refractivity contribution is 8.00. The first kappa shape index (κ1) is 14.0. The van der Waals surface area contributed by atoms with E-state index < -0.39 is 11.4 Å². The fourth-order valence-electron chi connectivity index (χ4n) is 2.65. The van der Waals surface area contributed by atoms with E-state index in [4.69, 9.17) is 0 Å². The zero-order valence-electron chi connectivity index (χ0n) is 11.4. The number of β-lactam (4-membered cyclic amide) rings is 1. The molecule has 21 heavy (non-hydrogen) atoms. The number of hydrogen-bond donors (Lipinski definition) is 2. The third kappa shape index (κ3) is 2.19. The maximum absolute atomic E-state index is 12.2. The number of carboxylic acid groups (broad SMARTS) is 1. The van der Waals surface area contributed by atoms with Gasteiger partial charge in [-0.3, -0.25) is 9.59 Å². The Balaban J connectivity index is 1.72. The van der Waals surface area contributed by atoms with Crippen molar-refractivity contribution in [3.05, 3.63) is 43.0 Å². The molecule has 2 saturated heterocycles. The van der Waals surface area contributed by atoms with Crippen LogP contribution in [0.3, 0.4) is 0 Å². The van der Waals surface area contributed by atoms with E-state index in [1.807, 2.05) is 30.3 Å². The SMILES string of the molecule is C=CC1(C(=O)O)CS[C@@H]2C(Nc3ccccc3)C(=O)N2C1. The zero-order valence-corrected chi connectivity index (χ0v) is 12.2. The lowest BCUT2D eigenvalue weighted by atomic mass is 9.87. The van der Waals surface area contributed by atoms with Gasteiger partial charge in [0, 0.05) is 18.0 Å². The standard InChI is InChI=1S/C15H16N2O3S/c1-2-15(14(19)20)8-17-12(18)11(13(17)21-9-15)16-10-6-4-3-5-7-10/h2-7,11,13,16H,1,8-9H2,(H,19,20)/t11?,13-,15?/m1/s1. The van der Waals surface area contributed by atoms with E-state index >= 15 is 0 Å². The molecule has 2 N–H and O–H groups in total. The van der Waals surface area contributed by atoms with Crippen LogP contribution in [0, 0.1) is 5.41 Å². The maximum atomic E-state index is 12.2. The molecule has 1 aromatic carbocycles. The number of carboxylic acids is 1. The Morgan fingerprint density at radius 2 is 2.19 bits per heavy atom. The first-order valence-corrected chi connectivity index (χ1v) is 7.73. The van der Waals surface area contributed by atoms with Gasteiger partial charge in [-0.05, 0) is 12.1 Å². The van der Waals surface area contributed by atoms with E-state index in [0.717, 1.165) is 5.69 Å². The van der Waals surface area contributed by atoms with Crippen LogP contribution in [0.4, 0.5) is 5.69 Å². The fraction of sp³-hybridized carbons (Fsp3) is 0.333. The lowest BCUT2D eigenvalue weighted by Crippen LogP contribution is -2.71. The molecular formula is C15H16N2O3S. The molecule has 0 radical (unpaired) electrons. The largest absolute Gasteiger partial charge is 0.481 e.